The first-order valence-corrected chi connectivity index (χ1v) is 7.02. The summed E-state index contributed by atoms with van der Waals surface area (Å²) in [7, 11) is -3.16. The van der Waals surface area contributed by atoms with Gasteiger partial charge in [0.25, 0.3) is 12.2 Å². The Balaban J connectivity index is 0.000000433. The lowest BCUT2D eigenvalue weighted by Gasteiger charge is -2.00. The predicted molar refractivity (Wildman–Crippen MR) is 65.8 cm³/mol. The molecule has 0 aliphatic heterocycles. The number of thiophene rings is 1. The van der Waals surface area contributed by atoms with E-state index in [9.17, 15) is 36.0 Å². The lowest BCUT2D eigenvalue weighted by atomic mass is 10.3. The molecule has 13 heteroatoms. The molecule has 0 aliphatic carbocycles. The third-order valence-corrected chi connectivity index (χ3v) is 3.14. The summed E-state index contributed by atoms with van der Waals surface area (Å²) in [5.41, 5.74) is -0.821. The van der Waals surface area contributed by atoms with Crippen LogP contribution in [0, 0.1) is 0 Å². The Labute approximate surface area is 125 Å². The molecule has 0 N–H and O–H groups in total. The number of esters is 1. The number of rotatable bonds is 3. The van der Waals surface area contributed by atoms with E-state index in [1.165, 1.54) is 0 Å². The van der Waals surface area contributed by atoms with Gasteiger partial charge >= 0.3 is 22.4 Å². The molecule has 0 aromatic carbocycles. The number of alkyl halides is 3. The highest BCUT2D eigenvalue weighted by atomic mass is 32.2. The molecule has 0 spiro atoms. The van der Waals surface area contributed by atoms with Crippen LogP contribution in [0.25, 0.3) is 0 Å². The van der Waals surface area contributed by atoms with Crippen LogP contribution >= 0.6 is 11.3 Å². The van der Waals surface area contributed by atoms with Crippen molar-refractivity contribution >= 4 is 39.7 Å². The van der Waals surface area contributed by atoms with Crippen LogP contribution in [-0.4, -0.2) is 33.7 Å². The van der Waals surface area contributed by atoms with E-state index in [4.69, 9.17) is 0 Å². The first-order chi connectivity index (χ1) is 10.1. The molecular weight excluding hydrogens is 353 g/mol. The zero-order valence-electron chi connectivity index (χ0n) is 10.4. The first-order valence-electron chi connectivity index (χ1n) is 4.74. The van der Waals surface area contributed by atoms with Gasteiger partial charge in [0.05, 0.1) is 12.7 Å². The molecule has 0 unspecified atom stereocenters. The molecule has 1 aromatic rings. The van der Waals surface area contributed by atoms with Crippen molar-refractivity contribution < 1.29 is 40.7 Å². The number of hydrogen-bond acceptors (Lipinski definition) is 7. The Kier molecular flexibility index (Phi) is 7.33. The highest BCUT2D eigenvalue weighted by molar-refractivity contribution is 7.89. The number of hydrogen-bond donors (Lipinski definition) is 0. The van der Waals surface area contributed by atoms with Crippen LogP contribution in [0.15, 0.2) is 20.2 Å². The van der Waals surface area contributed by atoms with Gasteiger partial charge in [-0.1, -0.05) is 8.80 Å². The fourth-order valence-corrected chi connectivity index (χ4v) is 1.87. The first kappa shape index (κ1) is 19.7. The van der Waals surface area contributed by atoms with Crippen molar-refractivity contribution in [3.63, 3.8) is 0 Å². The summed E-state index contributed by atoms with van der Waals surface area (Å²) >= 11 is 0.715. The Morgan fingerprint density at radius 3 is 2.09 bits per heavy atom. The quantitative estimate of drug-likeness (QED) is 0.458. The smallest absolute Gasteiger partial charge is 0.417 e. The maximum absolute atomic E-state index is 12.0. The standard InChI is InChI=1S/C7H5F3O2S.C2N2O4S/c1-12-6(11)5-2-4(3-13-5)7(8,9)10;5-1-3-9(7,8)4-2-6/h2-3H,1H3;. The number of methoxy groups -OCH3 is 1. The molecule has 1 heterocycles. The summed E-state index contributed by atoms with van der Waals surface area (Å²) in [6, 6.07) is 0.774. The van der Waals surface area contributed by atoms with Gasteiger partial charge in [-0.3, -0.25) is 0 Å². The van der Waals surface area contributed by atoms with Gasteiger partial charge in [0.15, 0.2) is 0 Å². The summed E-state index contributed by atoms with van der Waals surface area (Å²) in [5, 5.41) is 0.881. The normalized spacial score (nSPS) is 10.4. The van der Waals surface area contributed by atoms with E-state index in [0.717, 1.165) is 18.6 Å². The molecule has 22 heavy (non-hydrogen) atoms. The van der Waals surface area contributed by atoms with Crippen LogP contribution in [0.4, 0.5) is 13.2 Å². The molecule has 8 nitrogen and oxygen atoms in total. The van der Waals surface area contributed by atoms with Crippen LogP contribution in [0.1, 0.15) is 15.2 Å². The second-order valence-corrected chi connectivity index (χ2v) is 5.17. The molecule has 0 bridgehead atoms. The van der Waals surface area contributed by atoms with Crippen molar-refractivity contribution in [2.75, 3.05) is 7.11 Å². The van der Waals surface area contributed by atoms with Gasteiger partial charge in [0, 0.05) is 5.38 Å². The van der Waals surface area contributed by atoms with Crippen molar-refractivity contribution in [1.82, 2.24) is 0 Å². The molecular formula is C9H5F3N2O6S2. The number of ether oxygens (including phenoxy) is 1. The number of halogens is 3. The lowest BCUT2D eigenvalue weighted by molar-refractivity contribution is -0.137. The molecule has 0 fully saturated rings. The zero-order chi connectivity index (χ0) is 17.4. The van der Waals surface area contributed by atoms with E-state index in [2.05, 4.69) is 13.5 Å². The maximum Gasteiger partial charge on any atom is 0.417 e. The Morgan fingerprint density at radius 1 is 1.27 bits per heavy atom. The molecule has 0 aliphatic rings. The van der Waals surface area contributed by atoms with Crippen molar-refractivity contribution in [3.8, 4) is 0 Å². The largest absolute Gasteiger partial charge is 0.465 e. The van der Waals surface area contributed by atoms with Gasteiger partial charge in [-0.05, 0) is 6.07 Å². The van der Waals surface area contributed by atoms with Crippen molar-refractivity contribution in [3.05, 3.63) is 21.9 Å². The molecule has 0 radical (unpaired) electrons. The van der Waals surface area contributed by atoms with Crippen LogP contribution in [-0.2, 0) is 30.7 Å². The van der Waals surface area contributed by atoms with Gasteiger partial charge in [0.2, 0.25) is 0 Å². The average molecular weight is 358 g/mol. The molecule has 0 amide bonds. The van der Waals surface area contributed by atoms with E-state index in [0.29, 0.717) is 23.5 Å². The average Bonchev–Trinajstić information content (AvgIpc) is 2.87. The second-order valence-electron chi connectivity index (χ2n) is 3.00. The summed E-state index contributed by atoms with van der Waals surface area (Å²) in [5.74, 6) is -0.750. The van der Waals surface area contributed by atoms with Gasteiger partial charge in [-0.2, -0.15) is 21.6 Å². The van der Waals surface area contributed by atoms with E-state index in [1.807, 2.05) is 0 Å². The Morgan fingerprint density at radius 2 is 1.77 bits per heavy atom. The highest BCUT2D eigenvalue weighted by Gasteiger charge is 2.32. The fraction of sp³-hybridized carbons (Fsp3) is 0.222. The highest BCUT2D eigenvalue weighted by Crippen LogP contribution is 2.32. The third kappa shape index (κ3) is 6.90. The van der Waals surface area contributed by atoms with Crippen LogP contribution < -0.4 is 0 Å². The molecule has 1 aromatic heterocycles. The Bertz CT molecular complexity index is 703. The molecule has 0 atom stereocenters. The summed E-state index contributed by atoms with van der Waals surface area (Å²) in [6.07, 6.45) is -2.99. The SMILES string of the molecule is COC(=O)c1cc(C(F)(F)F)cs1.O=C=NS(=O)(=O)N=C=O. The Hall–Kier alpha value is -2.33. The fourth-order valence-electron chi connectivity index (χ4n) is 0.807. The van der Waals surface area contributed by atoms with Crippen molar-refractivity contribution in [2.24, 2.45) is 8.80 Å². The summed E-state index contributed by atoms with van der Waals surface area (Å²) in [4.78, 5) is 29.2. The van der Waals surface area contributed by atoms with Gasteiger partial charge in [-0.15, -0.1) is 11.3 Å². The van der Waals surface area contributed by atoms with E-state index in [-0.39, 0.29) is 4.88 Å². The lowest BCUT2D eigenvalue weighted by Crippen LogP contribution is -2.03. The second kappa shape index (κ2) is 8.20. The zero-order valence-corrected chi connectivity index (χ0v) is 12.1. The monoisotopic (exact) mass is 358 g/mol. The number of carbonyl (C=O) groups excluding carboxylic acids is 3. The number of nitrogens with zero attached hydrogens (tertiary/aromatic N) is 2. The molecule has 120 valence electrons. The van der Waals surface area contributed by atoms with Gasteiger partial charge in [0.1, 0.15) is 4.88 Å². The van der Waals surface area contributed by atoms with Gasteiger partial charge in [-0.25, -0.2) is 14.4 Å². The molecule has 0 saturated heterocycles. The van der Waals surface area contributed by atoms with Crippen LogP contribution in [0.5, 0.6) is 0 Å². The third-order valence-electron chi connectivity index (χ3n) is 1.62. The van der Waals surface area contributed by atoms with Crippen LogP contribution in [0.3, 0.4) is 0 Å². The minimum atomic E-state index is -4.40. The number of carbonyl (C=O) groups is 1. The molecule has 1 rings (SSSR count). The van der Waals surface area contributed by atoms with E-state index in [1.54, 1.807) is 0 Å². The number of isocyanates is 2. The predicted octanol–water partition coefficient (Wildman–Crippen LogP) is 1.46. The minimum Gasteiger partial charge on any atom is -0.465 e. The van der Waals surface area contributed by atoms with Crippen molar-refractivity contribution in [1.29, 1.82) is 0 Å². The van der Waals surface area contributed by atoms with Crippen molar-refractivity contribution in [2.45, 2.75) is 6.18 Å². The van der Waals surface area contributed by atoms with E-state index < -0.39 is 27.9 Å². The molecule has 0 saturated carbocycles. The maximum atomic E-state index is 12.0. The summed E-state index contributed by atoms with van der Waals surface area (Å²) < 4.78 is 64.6. The van der Waals surface area contributed by atoms with E-state index >= 15 is 0 Å². The topological polar surface area (TPSA) is 119 Å². The van der Waals surface area contributed by atoms with Gasteiger partial charge < -0.3 is 4.74 Å². The minimum absolute atomic E-state index is 0.0465. The summed E-state index contributed by atoms with van der Waals surface area (Å²) in [6.45, 7) is 0. The van der Waals surface area contributed by atoms with Crippen LogP contribution in [0.2, 0.25) is 0 Å².